The van der Waals surface area contributed by atoms with Crippen LogP contribution in [0.5, 0.6) is 5.75 Å². The lowest BCUT2D eigenvalue weighted by Crippen LogP contribution is -2.22. The topological polar surface area (TPSA) is 70.6 Å². The Kier molecular flexibility index (Phi) is 5.93. The van der Waals surface area contributed by atoms with Crippen molar-refractivity contribution < 1.29 is 27.8 Å². The van der Waals surface area contributed by atoms with Gasteiger partial charge in [0.1, 0.15) is 5.75 Å². The van der Waals surface area contributed by atoms with Gasteiger partial charge in [-0.1, -0.05) is 30.9 Å². The van der Waals surface area contributed by atoms with Crippen LogP contribution in [0.15, 0.2) is 49.1 Å². The maximum atomic E-state index is 12.4. The van der Waals surface area contributed by atoms with Gasteiger partial charge in [0.2, 0.25) is 5.91 Å². The van der Waals surface area contributed by atoms with E-state index in [9.17, 15) is 23.1 Å². The van der Waals surface area contributed by atoms with Crippen LogP contribution in [0.4, 0.5) is 18.9 Å². The van der Waals surface area contributed by atoms with Crippen molar-refractivity contribution in [3.63, 3.8) is 0 Å². The number of anilines is 1. The largest absolute Gasteiger partial charge is 0.573 e. The number of benzene rings is 2. The molecular weight excluding hydrogens is 385 g/mol. The van der Waals surface area contributed by atoms with E-state index in [0.29, 0.717) is 23.2 Å². The monoisotopic (exact) mass is 404 g/mol. The lowest BCUT2D eigenvalue weighted by molar-refractivity contribution is -0.274. The molecule has 1 amide bonds. The van der Waals surface area contributed by atoms with E-state index < -0.39 is 6.36 Å². The molecule has 0 radical (unpaired) electrons. The van der Waals surface area contributed by atoms with Gasteiger partial charge >= 0.3 is 6.36 Å². The van der Waals surface area contributed by atoms with E-state index in [2.05, 4.69) is 21.9 Å². The van der Waals surface area contributed by atoms with E-state index in [1.807, 2.05) is 12.2 Å². The number of hydrogen-bond acceptors (Lipinski definition) is 4. The van der Waals surface area contributed by atoms with Crippen LogP contribution >= 0.6 is 0 Å². The molecule has 1 heterocycles. The average Bonchev–Trinajstić information content (AvgIpc) is 2.70. The molecule has 2 aromatic carbocycles. The second kappa shape index (κ2) is 8.40. The molecule has 3 N–H and O–H groups in total. The first-order chi connectivity index (χ1) is 13.8. The summed E-state index contributed by atoms with van der Waals surface area (Å²) < 4.78 is 41.1. The van der Waals surface area contributed by atoms with Crippen LogP contribution in [0, 0.1) is 0 Å². The molecule has 0 aliphatic carbocycles. The van der Waals surface area contributed by atoms with Gasteiger partial charge in [0, 0.05) is 29.9 Å². The molecule has 0 aromatic heterocycles. The van der Waals surface area contributed by atoms with Crippen LogP contribution in [0.2, 0.25) is 0 Å². The molecule has 5 nitrogen and oxygen atoms in total. The zero-order valence-electron chi connectivity index (χ0n) is 15.3. The number of rotatable bonds is 6. The summed E-state index contributed by atoms with van der Waals surface area (Å²) in [5, 5.41) is 15.8. The van der Waals surface area contributed by atoms with Gasteiger partial charge in [-0.25, -0.2) is 0 Å². The van der Waals surface area contributed by atoms with Crippen molar-refractivity contribution >= 4 is 17.7 Å². The van der Waals surface area contributed by atoms with Crippen molar-refractivity contribution in [1.82, 2.24) is 5.32 Å². The zero-order valence-corrected chi connectivity index (χ0v) is 15.3. The minimum Gasteiger partial charge on any atom is -0.406 e. The highest BCUT2D eigenvalue weighted by molar-refractivity contribution is 5.89. The molecule has 1 aliphatic heterocycles. The summed E-state index contributed by atoms with van der Waals surface area (Å²) in [4.78, 5) is 11.6. The van der Waals surface area contributed by atoms with E-state index >= 15 is 0 Å². The molecule has 2 aromatic rings. The van der Waals surface area contributed by atoms with E-state index in [4.69, 9.17) is 0 Å². The van der Waals surface area contributed by atoms with Crippen molar-refractivity contribution in [3.05, 3.63) is 65.8 Å². The third-order valence-corrected chi connectivity index (χ3v) is 4.45. The fourth-order valence-corrected chi connectivity index (χ4v) is 3.18. The number of nitrogens with one attached hydrogen (secondary N) is 2. The van der Waals surface area contributed by atoms with Crippen molar-refractivity contribution in [3.8, 4) is 16.9 Å². The third-order valence-electron chi connectivity index (χ3n) is 4.45. The Hall–Kier alpha value is -3.26. The van der Waals surface area contributed by atoms with Gasteiger partial charge in [-0.15, -0.1) is 13.2 Å². The summed E-state index contributed by atoms with van der Waals surface area (Å²) in [6.07, 6.45) is 0.170. The quantitative estimate of drug-likeness (QED) is 0.637. The molecule has 0 saturated heterocycles. The summed E-state index contributed by atoms with van der Waals surface area (Å²) in [5.74, 6) is -0.663. The summed E-state index contributed by atoms with van der Waals surface area (Å²) in [7, 11) is 0. The van der Waals surface area contributed by atoms with Crippen LogP contribution in [0.25, 0.3) is 17.2 Å². The first kappa shape index (κ1) is 20.5. The number of ether oxygens (including phenoxy) is 1. The fourth-order valence-electron chi connectivity index (χ4n) is 3.18. The van der Waals surface area contributed by atoms with Gasteiger partial charge in [0.15, 0.2) is 0 Å². The van der Waals surface area contributed by atoms with Crippen LogP contribution in [-0.4, -0.2) is 23.9 Å². The minimum absolute atomic E-state index is 0.171. The van der Waals surface area contributed by atoms with Crippen molar-refractivity contribution in [2.45, 2.75) is 19.5 Å². The molecule has 1 aliphatic rings. The SMILES string of the molecule is C=CC(=O)NCc1cc(-c2ccc(OC(F)(F)F)cc2)c2c(c1CO)C=CCN2. The molecule has 29 heavy (non-hydrogen) atoms. The lowest BCUT2D eigenvalue weighted by Gasteiger charge is -2.23. The number of alkyl halides is 3. The second-order valence-electron chi connectivity index (χ2n) is 6.29. The van der Waals surface area contributed by atoms with Crippen molar-refractivity contribution in [2.75, 3.05) is 11.9 Å². The Morgan fingerprint density at radius 2 is 2.03 bits per heavy atom. The maximum Gasteiger partial charge on any atom is 0.573 e. The predicted molar refractivity (Wildman–Crippen MR) is 104 cm³/mol. The Bertz CT molecular complexity index is 951. The third kappa shape index (κ3) is 4.78. The molecule has 0 fully saturated rings. The predicted octanol–water partition coefficient (Wildman–Crippen LogP) is 3.99. The Morgan fingerprint density at radius 3 is 2.66 bits per heavy atom. The summed E-state index contributed by atoms with van der Waals surface area (Å²) in [6.45, 7) is 3.93. The van der Waals surface area contributed by atoms with Crippen LogP contribution in [0.3, 0.4) is 0 Å². The highest BCUT2D eigenvalue weighted by Gasteiger charge is 2.31. The standard InChI is InChI=1S/C21H19F3N2O3/c1-2-19(28)26-11-14-10-17(20-16(18(14)12-27)4-3-9-25-20)13-5-7-15(8-6-13)29-21(22,23)24/h2-8,10,25,27H,1,9,11-12H2,(H,26,28). The molecule has 152 valence electrons. The fraction of sp³-hybridized carbons (Fsp3) is 0.190. The van der Waals surface area contributed by atoms with Gasteiger partial charge in [0.05, 0.1) is 6.61 Å². The number of amides is 1. The van der Waals surface area contributed by atoms with E-state index in [0.717, 1.165) is 22.9 Å². The lowest BCUT2D eigenvalue weighted by atomic mass is 9.90. The first-order valence-electron chi connectivity index (χ1n) is 8.79. The second-order valence-corrected chi connectivity index (χ2v) is 6.29. The Balaban J connectivity index is 2.04. The highest BCUT2D eigenvalue weighted by Crippen LogP contribution is 2.38. The van der Waals surface area contributed by atoms with Gasteiger partial charge in [-0.3, -0.25) is 4.79 Å². The summed E-state index contributed by atoms with van der Waals surface area (Å²) in [5.41, 5.74) is 4.30. The number of aliphatic hydroxyl groups excluding tert-OH is 1. The van der Waals surface area contributed by atoms with E-state index in [1.54, 1.807) is 6.07 Å². The van der Waals surface area contributed by atoms with E-state index in [-0.39, 0.29) is 24.8 Å². The van der Waals surface area contributed by atoms with E-state index in [1.165, 1.54) is 24.3 Å². The molecule has 0 atom stereocenters. The number of carbonyl (C=O) groups is 1. The molecular formula is C21H19F3N2O3. The highest BCUT2D eigenvalue weighted by atomic mass is 19.4. The molecule has 0 bridgehead atoms. The van der Waals surface area contributed by atoms with Gasteiger partial charge in [0.25, 0.3) is 0 Å². The normalized spacial score (nSPS) is 12.7. The number of aliphatic hydroxyl groups is 1. The van der Waals surface area contributed by atoms with Crippen LogP contribution in [-0.2, 0) is 17.9 Å². The molecule has 8 heteroatoms. The molecule has 0 unspecified atom stereocenters. The minimum atomic E-state index is -4.76. The molecule has 0 saturated carbocycles. The summed E-state index contributed by atoms with van der Waals surface area (Å²) >= 11 is 0. The van der Waals surface area contributed by atoms with Crippen molar-refractivity contribution in [1.29, 1.82) is 0 Å². The van der Waals surface area contributed by atoms with Crippen molar-refractivity contribution in [2.24, 2.45) is 0 Å². The Morgan fingerprint density at radius 1 is 1.31 bits per heavy atom. The molecule has 3 rings (SSSR count). The smallest absolute Gasteiger partial charge is 0.406 e. The summed E-state index contributed by atoms with van der Waals surface area (Å²) in [6, 6.07) is 7.35. The molecule has 0 spiro atoms. The Labute approximate surface area is 165 Å². The van der Waals surface area contributed by atoms with Gasteiger partial charge < -0.3 is 20.5 Å². The zero-order chi connectivity index (χ0) is 21.0. The van der Waals surface area contributed by atoms with Crippen LogP contribution in [0.1, 0.15) is 16.7 Å². The number of carbonyl (C=O) groups excluding carboxylic acids is 1. The number of fused-ring (bicyclic) bond motifs is 1. The van der Waals surface area contributed by atoms with Crippen LogP contribution < -0.4 is 15.4 Å². The van der Waals surface area contributed by atoms with Gasteiger partial charge in [-0.2, -0.15) is 0 Å². The number of halogens is 3. The van der Waals surface area contributed by atoms with Gasteiger partial charge in [-0.05, 0) is 41.0 Å². The first-order valence-corrected chi connectivity index (χ1v) is 8.79. The number of hydrogen-bond donors (Lipinski definition) is 3. The average molecular weight is 404 g/mol. The maximum absolute atomic E-state index is 12.4.